The first kappa shape index (κ1) is 26.0. The van der Waals surface area contributed by atoms with Crippen molar-refractivity contribution in [3.05, 3.63) is 107 Å². The summed E-state index contributed by atoms with van der Waals surface area (Å²) in [5.41, 5.74) is 2.68. The number of aliphatic hydroxyl groups is 1. The Hall–Kier alpha value is -3.64. The van der Waals surface area contributed by atoms with Crippen LogP contribution in [0.5, 0.6) is 0 Å². The van der Waals surface area contributed by atoms with Gasteiger partial charge in [-0.15, -0.1) is 0 Å². The lowest BCUT2D eigenvalue weighted by Gasteiger charge is -2.26. The van der Waals surface area contributed by atoms with Crippen molar-refractivity contribution in [1.29, 1.82) is 0 Å². The molecule has 0 bridgehead atoms. The lowest BCUT2D eigenvalue weighted by atomic mass is 9.93. The minimum absolute atomic E-state index is 0.136. The highest BCUT2D eigenvalue weighted by molar-refractivity contribution is 5.96. The van der Waals surface area contributed by atoms with Crippen LogP contribution in [0.1, 0.15) is 47.8 Å². The van der Waals surface area contributed by atoms with Crippen molar-refractivity contribution in [3.8, 4) is 0 Å². The molecule has 2 unspecified atom stereocenters. The van der Waals surface area contributed by atoms with Crippen LogP contribution in [-0.2, 0) is 24.2 Å². The Bertz CT molecular complexity index is 1090. The molecule has 0 aliphatic heterocycles. The second-order valence-corrected chi connectivity index (χ2v) is 9.64. The monoisotopic (exact) mass is 474 g/mol. The van der Waals surface area contributed by atoms with E-state index in [2.05, 4.69) is 10.6 Å². The Labute approximate surface area is 207 Å². The number of hydrogen-bond donors (Lipinski definition) is 3. The molecule has 0 aliphatic rings. The van der Waals surface area contributed by atoms with Crippen LogP contribution in [0.3, 0.4) is 0 Å². The Morgan fingerprint density at radius 2 is 1.40 bits per heavy atom. The summed E-state index contributed by atoms with van der Waals surface area (Å²) in [7, 11) is 0. The van der Waals surface area contributed by atoms with E-state index in [0.29, 0.717) is 17.5 Å². The molecule has 0 aromatic heterocycles. The number of hydrogen-bond acceptors (Lipinski definition) is 4. The van der Waals surface area contributed by atoms with E-state index < -0.39 is 18.2 Å². The lowest BCUT2D eigenvalue weighted by Crippen LogP contribution is -2.46. The van der Waals surface area contributed by atoms with E-state index in [9.17, 15) is 14.7 Å². The number of carbonyl (C=O) groups is 2. The number of alkyl carbamates (subject to hydrolysis) is 1. The molecule has 35 heavy (non-hydrogen) atoms. The largest absolute Gasteiger partial charge is 0.445 e. The van der Waals surface area contributed by atoms with Crippen molar-refractivity contribution in [2.45, 2.75) is 57.9 Å². The molecule has 3 rings (SSSR count). The summed E-state index contributed by atoms with van der Waals surface area (Å²) in [6.07, 6.45) is -0.932. The summed E-state index contributed by atoms with van der Waals surface area (Å²) in [5, 5.41) is 17.0. The predicted octanol–water partition coefficient (Wildman–Crippen LogP) is 4.66. The van der Waals surface area contributed by atoms with Crippen molar-refractivity contribution in [3.63, 3.8) is 0 Å². The fourth-order valence-electron chi connectivity index (χ4n) is 3.76. The second-order valence-electron chi connectivity index (χ2n) is 9.64. The van der Waals surface area contributed by atoms with E-state index in [1.807, 2.05) is 93.6 Å². The number of ether oxygens (including phenoxy) is 1. The van der Waals surface area contributed by atoms with Crippen molar-refractivity contribution in [2.24, 2.45) is 0 Å². The van der Waals surface area contributed by atoms with E-state index in [4.69, 9.17) is 4.74 Å². The van der Waals surface area contributed by atoms with Gasteiger partial charge in [-0.1, -0.05) is 78.9 Å². The molecule has 2 atom stereocenters. The van der Waals surface area contributed by atoms with Gasteiger partial charge >= 0.3 is 6.09 Å². The van der Waals surface area contributed by atoms with Crippen molar-refractivity contribution in [2.75, 3.05) is 0 Å². The van der Waals surface area contributed by atoms with E-state index in [-0.39, 0.29) is 24.5 Å². The molecule has 3 aromatic carbocycles. The second kappa shape index (κ2) is 12.2. The zero-order chi connectivity index (χ0) is 25.3. The van der Waals surface area contributed by atoms with E-state index >= 15 is 0 Å². The quantitative estimate of drug-likeness (QED) is 0.421. The zero-order valence-electron chi connectivity index (χ0n) is 20.5. The van der Waals surface area contributed by atoms with Crippen LogP contribution in [0.4, 0.5) is 4.79 Å². The van der Waals surface area contributed by atoms with Gasteiger partial charge in [0.1, 0.15) is 6.61 Å². The topological polar surface area (TPSA) is 87.7 Å². The van der Waals surface area contributed by atoms with Crippen LogP contribution in [0, 0.1) is 0 Å². The summed E-state index contributed by atoms with van der Waals surface area (Å²) in [6.45, 7) is 5.90. The Morgan fingerprint density at radius 1 is 0.829 bits per heavy atom. The lowest BCUT2D eigenvalue weighted by molar-refractivity contribution is 0.0910. The average molecular weight is 475 g/mol. The van der Waals surface area contributed by atoms with Gasteiger partial charge in [0.25, 0.3) is 5.91 Å². The van der Waals surface area contributed by atoms with Gasteiger partial charge in [-0.3, -0.25) is 4.79 Å². The van der Waals surface area contributed by atoms with Gasteiger partial charge in [-0.05, 0) is 49.9 Å². The molecular weight excluding hydrogens is 440 g/mol. The molecule has 6 nitrogen and oxygen atoms in total. The number of benzene rings is 3. The summed E-state index contributed by atoms with van der Waals surface area (Å²) in [4.78, 5) is 25.4. The van der Waals surface area contributed by atoms with Gasteiger partial charge in [0, 0.05) is 17.5 Å². The van der Waals surface area contributed by atoms with E-state index in [1.54, 1.807) is 12.1 Å². The standard InChI is InChI=1S/C29H34N2O4/c1-29(2,3)31-27(33)24-17-11-10-16-23(24)19-26(32)25(18-21-12-6-4-7-13-21)30-28(34)35-20-22-14-8-5-9-15-22/h4-17,25-26,32H,18-20H2,1-3H3,(H,30,34)(H,31,33). The molecule has 184 valence electrons. The maximum Gasteiger partial charge on any atom is 0.407 e. The molecule has 6 heteroatoms. The number of nitrogens with one attached hydrogen (secondary N) is 2. The summed E-state index contributed by atoms with van der Waals surface area (Å²) in [6, 6.07) is 25.7. The zero-order valence-corrected chi connectivity index (χ0v) is 20.5. The molecule has 0 aliphatic carbocycles. The third-order valence-corrected chi connectivity index (χ3v) is 5.46. The molecule has 0 radical (unpaired) electrons. The number of aliphatic hydroxyl groups excluding tert-OH is 1. The first-order chi connectivity index (χ1) is 16.7. The minimum atomic E-state index is -0.942. The van der Waals surface area contributed by atoms with Crippen LogP contribution in [0.25, 0.3) is 0 Å². The number of rotatable bonds is 9. The SMILES string of the molecule is CC(C)(C)NC(=O)c1ccccc1CC(O)C(Cc1ccccc1)NC(=O)OCc1ccccc1. The fraction of sp³-hybridized carbons (Fsp3) is 0.310. The first-order valence-corrected chi connectivity index (χ1v) is 11.8. The van der Waals surface area contributed by atoms with Crippen LogP contribution in [0.15, 0.2) is 84.9 Å². The van der Waals surface area contributed by atoms with Gasteiger partial charge in [-0.2, -0.15) is 0 Å². The van der Waals surface area contributed by atoms with Gasteiger partial charge in [0.15, 0.2) is 0 Å². The van der Waals surface area contributed by atoms with Gasteiger partial charge in [-0.25, -0.2) is 4.79 Å². The summed E-state index contributed by atoms with van der Waals surface area (Å²) in [5.74, 6) is -0.199. The Kier molecular flexibility index (Phi) is 9.04. The highest BCUT2D eigenvalue weighted by Gasteiger charge is 2.25. The summed E-state index contributed by atoms with van der Waals surface area (Å²) >= 11 is 0. The highest BCUT2D eigenvalue weighted by atomic mass is 16.5. The molecule has 3 aromatic rings. The van der Waals surface area contributed by atoms with Gasteiger partial charge < -0.3 is 20.5 Å². The van der Waals surface area contributed by atoms with Crippen LogP contribution in [0.2, 0.25) is 0 Å². The van der Waals surface area contributed by atoms with E-state index in [1.165, 1.54) is 0 Å². The molecule has 0 spiro atoms. The fourth-order valence-corrected chi connectivity index (χ4v) is 3.76. The Balaban J connectivity index is 1.74. The van der Waals surface area contributed by atoms with Gasteiger partial charge in [0.05, 0.1) is 12.1 Å². The number of amides is 2. The molecule has 0 fully saturated rings. The van der Waals surface area contributed by atoms with Crippen LogP contribution < -0.4 is 10.6 Å². The molecule has 0 heterocycles. The van der Waals surface area contributed by atoms with Gasteiger partial charge in [0.2, 0.25) is 0 Å². The van der Waals surface area contributed by atoms with E-state index in [0.717, 1.165) is 11.1 Å². The molecule has 0 saturated heterocycles. The Morgan fingerprint density at radius 3 is 2.03 bits per heavy atom. The first-order valence-electron chi connectivity index (χ1n) is 11.8. The summed E-state index contributed by atoms with van der Waals surface area (Å²) < 4.78 is 5.39. The molecule has 3 N–H and O–H groups in total. The maximum atomic E-state index is 12.8. The van der Waals surface area contributed by atoms with Crippen molar-refractivity contribution in [1.82, 2.24) is 10.6 Å². The molecule has 2 amide bonds. The van der Waals surface area contributed by atoms with Crippen LogP contribution in [-0.4, -0.2) is 34.8 Å². The molecular formula is C29H34N2O4. The third-order valence-electron chi connectivity index (χ3n) is 5.46. The van der Waals surface area contributed by atoms with Crippen LogP contribution >= 0.6 is 0 Å². The predicted molar refractivity (Wildman–Crippen MR) is 137 cm³/mol. The van der Waals surface area contributed by atoms with Crippen molar-refractivity contribution >= 4 is 12.0 Å². The maximum absolute atomic E-state index is 12.8. The van der Waals surface area contributed by atoms with Crippen molar-refractivity contribution < 1.29 is 19.4 Å². The highest BCUT2D eigenvalue weighted by Crippen LogP contribution is 2.17. The minimum Gasteiger partial charge on any atom is -0.445 e. The third kappa shape index (κ3) is 8.58. The normalized spacial score (nSPS) is 12.9. The number of carbonyl (C=O) groups excluding carboxylic acids is 2. The average Bonchev–Trinajstić information content (AvgIpc) is 2.83. The molecule has 0 saturated carbocycles. The smallest absolute Gasteiger partial charge is 0.407 e.